The normalized spacial score (nSPS) is 28.1. The summed E-state index contributed by atoms with van der Waals surface area (Å²) in [6.07, 6.45) is 8.54. The van der Waals surface area contributed by atoms with Crippen molar-refractivity contribution in [2.75, 3.05) is 13.2 Å². The van der Waals surface area contributed by atoms with Crippen molar-refractivity contribution in [3.8, 4) is 0 Å². The minimum absolute atomic E-state index is 0.000123. The third-order valence-corrected chi connectivity index (χ3v) is 4.76. The van der Waals surface area contributed by atoms with E-state index in [0.717, 1.165) is 38.8 Å². The van der Waals surface area contributed by atoms with Crippen LogP contribution in [0.4, 0.5) is 4.79 Å². The maximum atomic E-state index is 12.0. The molecule has 2 rings (SSSR count). The molecule has 2 aliphatic rings. The van der Waals surface area contributed by atoms with Crippen LogP contribution in [0.3, 0.4) is 0 Å². The highest BCUT2D eigenvalue weighted by molar-refractivity contribution is 5.74. The van der Waals surface area contributed by atoms with Gasteiger partial charge in [0.15, 0.2) is 0 Å². The average Bonchev–Trinajstić information content (AvgIpc) is 2.45. The topological polar surface area (TPSA) is 50.4 Å². The Bertz CT molecular complexity index is 332. The van der Waals surface area contributed by atoms with Gasteiger partial charge in [-0.05, 0) is 31.1 Å². The van der Waals surface area contributed by atoms with Crippen LogP contribution in [0.1, 0.15) is 65.7 Å². The van der Waals surface area contributed by atoms with Gasteiger partial charge in [-0.15, -0.1) is 0 Å². The van der Waals surface area contributed by atoms with Crippen LogP contribution >= 0.6 is 0 Å². The van der Waals surface area contributed by atoms with Gasteiger partial charge >= 0.3 is 6.03 Å². The van der Waals surface area contributed by atoms with E-state index in [0.29, 0.717) is 12.0 Å². The Morgan fingerprint density at radius 3 is 2.48 bits per heavy atom. The van der Waals surface area contributed by atoms with Gasteiger partial charge in [-0.1, -0.05) is 40.0 Å². The number of hydrogen-bond acceptors (Lipinski definition) is 2. The second-order valence-electron chi connectivity index (χ2n) is 7.75. The molecule has 2 atom stereocenters. The molecule has 0 radical (unpaired) electrons. The Kier molecular flexibility index (Phi) is 5.91. The molecule has 4 nitrogen and oxygen atoms in total. The van der Waals surface area contributed by atoms with Crippen molar-refractivity contribution in [2.24, 2.45) is 11.3 Å². The lowest BCUT2D eigenvalue weighted by atomic mass is 9.78. The lowest BCUT2D eigenvalue weighted by molar-refractivity contribution is -0.0838. The quantitative estimate of drug-likeness (QED) is 0.838. The Hall–Kier alpha value is -0.770. The fourth-order valence-corrected chi connectivity index (χ4v) is 3.72. The lowest BCUT2D eigenvalue weighted by Gasteiger charge is -2.40. The summed E-state index contributed by atoms with van der Waals surface area (Å²) in [6, 6.07) is 0.375. The molecule has 0 aromatic carbocycles. The molecule has 0 bridgehead atoms. The molecular formula is C17H32N2O2. The minimum atomic E-state index is 0.000123. The first-order chi connectivity index (χ1) is 9.97. The number of carbonyl (C=O) groups is 1. The Morgan fingerprint density at radius 2 is 1.81 bits per heavy atom. The molecule has 4 heteroatoms. The van der Waals surface area contributed by atoms with Crippen molar-refractivity contribution in [3.05, 3.63) is 0 Å². The molecule has 21 heavy (non-hydrogen) atoms. The van der Waals surface area contributed by atoms with E-state index in [4.69, 9.17) is 4.74 Å². The van der Waals surface area contributed by atoms with Gasteiger partial charge in [0.25, 0.3) is 0 Å². The van der Waals surface area contributed by atoms with Crippen molar-refractivity contribution in [2.45, 2.75) is 77.9 Å². The van der Waals surface area contributed by atoms with Crippen LogP contribution in [0.25, 0.3) is 0 Å². The zero-order chi connectivity index (χ0) is 15.3. The molecule has 0 unspecified atom stereocenters. The molecule has 1 aliphatic carbocycles. The summed E-state index contributed by atoms with van der Waals surface area (Å²) in [6.45, 7) is 8.24. The van der Waals surface area contributed by atoms with E-state index in [1.807, 2.05) is 0 Å². The van der Waals surface area contributed by atoms with E-state index < -0.39 is 0 Å². The molecule has 1 heterocycles. The Labute approximate surface area is 129 Å². The van der Waals surface area contributed by atoms with Crippen molar-refractivity contribution in [1.82, 2.24) is 10.6 Å². The number of nitrogens with one attached hydrogen (secondary N) is 2. The average molecular weight is 296 g/mol. The molecule has 2 fully saturated rings. The fourth-order valence-electron chi connectivity index (χ4n) is 3.72. The maximum absolute atomic E-state index is 12.0. The molecule has 2 amide bonds. The summed E-state index contributed by atoms with van der Waals surface area (Å²) >= 11 is 0. The predicted molar refractivity (Wildman–Crippen MR) is 85.3 cm³/mol. The van der Waals surface area contributed by atoms with Crippen LogP contribution in [-0.2, 0) is 4.74 Å². The third-order valence-electron chi connectivity index (χ3n) is 4.76. The van der Waals surface area contributed by atoms with Gasteiger partial charge in [-0.2, -0.15) is 0 Å². The molecule has 122 valence electrons. The number of hydrogen-bond donors (Lipinski definition) is 2. The maximum Gasteiger partial charge on any atom is 0.315 e. The van der Waals surface area contributed by atoms with E-state index in [2.05, 4.69) is 31.4 Å². The van der Waals surface area contributed by atoms with E-state index in [9.17, 15) is 4.79 Å². The third kappa shape index (κ3) is 5.17. The Balaban J connectivity index is 1.76. The smallest absolute Gasteiger partial charge is 0.315 e. The van der Waals surface area contributed by atoms with Crippen LogP contribution in [0.15, 0.2) is 0 Å². The van der Waals surface area contributed by atoms with Crippen LogP contribution < -0.4 is 10.6 Å². The zero-order valence-electron chi connectivity index (χ0n) is 13.9. The van der Waals surface area contributed by atoms with Crippen LogP contribution in [-0.4, -0.2) is 31.3 Å². The molecular weight excluding hydrogens is 264 g/mol. The second-order valence-corrected chi connectivity index (χ2v) is 7.75. The second kappa shape index (κ2) is 7.48. The van der Waals surface area contributed by atoms with Crippen LogP contribution in [0.2, 0.25) is 0 Å². The number of carbonyl (C=O) groups excluding carboxylic acids is 1. The number of amides is 2. The first-order valence-electron chi connectivity index (χ1n) is 8.63. The largest absolute Gasteiger partial charge is 0.377 e. The van der Waals surface area contributed by atoms with Crippen molar-refractivity contribution >= 4 is 6.03 Å². The van der Waals surface area contributed by atoms with Gasteiger partial charge in [-0.25, -0.2) is 4.79 Å². The van der Waals surface area contributed by atoms with E-state index >= 15 is 0 Å². The lowest BCUT2D eigenvalue weighted by Crippen LogP contribution is -2.48. The summed E-state index contributed by atoms with van der Waals surface area (Å²) < 4.78 is 5.97. The van der Waals surface area contributed by atoms with Crippen molar-refractivity contribution in [3.63, 3.8) is 0 Å². The first kappa shape index (κ1) is 16.6. The molecule has 0 aromatic rings. The predicted octanol–water partition coefficient (Wildman–Crippen LogP) is 3.46. The number of rotatable bonds is 3. The SMILES string of the molecule is CC(C)(C)[C@@H]1OCCC[C@H]1CNC(=O)NC1CCCCC1. The Morgan fingerprint density at radius 1 is 1.10 bits per heavy atom. The summed E-state index contributed by atoms with van der Waals surface area (Å²) in [4.78, 5) is 12.0. The van der Waals surface area contributed by atoms with Crippen molar-refractivity contribution < 1.29 is 9.53 Å². The molecule has 0 spiro atoms. The first-order valence-corrected chi connectivity index (χ1v) is 8.63. The monoisotopic (exact) mass is 296 g/mol. The van der Waals surface area contributed by atoms with Crippen molar-refractivity contribution in [1.29, 1.82) is 0 Å². The van der Waals surface area contributed by atoms with Crippen LogP contribution in [0, 0.1) is 11.3 Å². The molecule has 1 saturated heterocycles. The molecule has 2 N–H and O–H groups in total. The van der Waals surface area contributed by atoms with Gasteiger partial charge in [-0.3, -0.25) is 0 Å². The highest BCUT2D eigenvalue weighted by atomic mass is 16.5. The minimum Gasteiger partial charge on any atom is -0.377 e. The molecule has 1 aliphatic heterocycles. The highest BCUT2D eigenvalue weighted by Gasteiger charge is 2.35. The summed E-state index contributed by atoms with van der Waals surface area (Å²) in [7, 11) is 0. The number of urea groups is 1. The summed E-state index contributed by atoms with van der Waals surface area (Å²) in [5.41, 5.74) is 0.132. The van der Waals surface area contributed by atoms with Gasteiger partial charge < -0.3 is 15.4 Å². The molecule has 1 saturated carbocycles. The van der Waals surface area contributed by atoms with E-state index in [-0.39, 0.29) is 17.6 Å². The highest BCUT2D eigenvalue weighted by Crippen LogP contribution is 2.33. The zero-order valence-corrected chi connectivity index (χ0v) is 13.9. The standard InChI is InChI=1S/C17H32N2O2/c1-17(2,3)15-13(8-7-11-21-15)12-18-16(20)19-14-9-5-4-6-10-14/h13-15H,4-12H2,1-3H3,(H2,18,19,20)/t13-,15+/m0/s1. The van der Waals surface area contributed by atoms with Gasteiger partial charge in [0.2, 0.25) is 0 Å². The van der Waals surface area contributed by atoms with E-state index in [1.54, 1.807) is 0 Å². The van der Waals surface area contributed by atoms with Crippen LogP contribution in [0.5, 0.6) is 0 Å². The molecule has 0 aromatic heterocycles. The fraction of sp³-hybridized carbons (Fsp3) is 0.941. The van der Waals surface area contributed by atoms with Gasteiger partial charge in [0.05, 0.1) is 6.10 Å². The summed E-state index contributed by atoms with van der Waals surface area (Å²) in [5.74, 6) is 0.427. The number of ether oxygens (including phenoxy) is 1. The van der Waals surface area contributed by atoms with Gasteiger partial charge in [0, 0.05) is 25.1 Å². The summed E-state index contributed by atoms with van der Waals surface area (Å²) in [5, 5.41) is 6.19. The van der Waals surface area contributed by atoms with Gasteiger partial charge in [0.1, 0.15) is 0 Å². The van der Waals surface area contributed by atoms with E-state index in [1.165, 1.54) is 19.3 Å².